The number of carboxylic acids is 1. The van der Waals surface area contributed by atoms with Crippen LogP contribution in [-0.2, 0) is 4.84 Å². The van der Waals surface area contributed by atoms with Crippen molar-refractivity contribution in [2.45, 2.75) is 25.0 Å². The van der Waals surface area contributed by atoms with Gasteiger partial charge in [0.1, 0.15) is 17.4 Å². The van der Waals surface area contributed by atoms with E-state index in [0.717, 1.165) is 29.4 Å². The van der Waals surface area contributed by atoms with Crippen LogP contribution < -0.4 is 20.5 Å². The van der Waals surface area contributed by atoms with Crippen LogP contribution in [0.15, 0.2) is 52.6 Å². The Morgan fingerprint density at radius 2 is 1.88 bits per heavy atom. The van der Waals surface area contributed by atoms with Gasteiger partial charge in [-0.3, -0.25) is 29.6 Å². The summed E-state index contributed by atoms with van der Waals surface area (Å²) < 4.78 is 23.1. The fraction of sp³-hybridized carbons (Fsp3) is 0.286. The predicted molar refractivity (Wildman–Crippen MR) is 139 cm³/mol. The number of rotatable bonds is 6. The summed E-state index contributed by atoms with van der Waals surface area (Å²) >= 11 is 0. The number of nitrogens with zero attached hydrogens (tertiary/aromatic N) is 3. The first-order valence-electron chi connectivity index (χ1n) is 12.8. The quantitative estimate of drug-likeness (QED) is 0.448. The Bertz CT molecular complexity index is 1720. The summed E-state index contributed by atoms with van der Waals surface area (Å²) in [5.74, 6) is -2.77. The number of benzene rings is 2. The maximum Gasteiger partial charge on any atom is 0.341 e. The number of imide groups is 1. The Labute approximate surface area is 225 Å². The third kappa shape index (κ3) is 3.45. The lowest BCUT2D eigenvalue weighted by Gasteiger charge is -2.25. The number of hydrogen-bond donors (Lipinski definition) is 2. The largest absolute Gasteiger partial charge is 0.492 e. The summed E-state index contributed by atoms with van der Waals surface area (Å²) in [5, 5.41) is 9.50. The number of ether oxygens (including phenoxy) is 1. The van der Waals surface area contributed by atoms with Crippen LogP contribution in [0, 0.1) is 5.82 Å². The highest BCUT2D eigenvalue weighted by molar-refractivity contribution is 6.21. The molecule has 0 bridgehead atoms. The topological polar surface area (TPSA) is 130 Å². The minimum atomic E-state index is -1.38. The number of hydrogen-bond acceptors (Lipinski definition) is 8. The van der Waals surface area contributed by atoms with Crippen LogP contribution in [0.3, 0.4) is 0 Å². The van der Waals surface area contributed by atoms with Crippen LogP contribution in [0.5, 0.6) is 5.75 Å². The van der Waals surface area contributed by atoms with Gasteiger partial charge in [0, 0.05) is 24.4 Å². The van der Waals surface area contributed by atoms with E-state index < -0.39 is 40.7 Å². The van der Waals surface area contributed by atoms with Gasteiger partial charge in [0.05, 0.1) is 47.9 Å². The van der Waals surface area contributed by atoms with E-state index in [9.17, 15) is 24.3 Å². The molecule has 1 saturated heterocycles. The fourth-order valence-electron chi connectivity index (χ4n) is 5.86. The normalized spacial score (nSPS) is 19.9. The second-order valence-electron chi connectivity index (χ2n) is 10.3. The van der Waals surface area contributed by atoms with E-state index in [2.05, 4.69) is 5.48 Å². The Balaban J connectivity index is 1.27. The second-order valence-corrected chi connectivity index (χ2v) is 10.3. The van der Waals surface area contributed by atoms with Gasteiger partial charge in [0.2, 0.25) is 5.43 Å². The van der Waals surface area contributed by atoms with Crippen molar-refractivity contribution in [3.8, 4) is 5.75 Å². The summed E-state index contributed by atoms with van der Waals surface area (Å²) in [6.07, 6.45) is 2.44. The molecule has 1 aromatic heterocycles. The predicted octanol–water partition coefficient (Wildman–Crippen LogP) is 2.46. The van der Waals surface area contributed by atoms with Crippen molar-refractivity contribution in [2.75, 3.05) is 31.6 Å². The van der Waals surface area contributed by atoms with E-state index in [1.54, 1.807) is 33.7 Å². The van der Waals surface area contributed by atoms with Crippen molar-refractivity contribution >= 4 is 34.4 Å². The molecule has 12 heteroatoms. The summed E-state index contributed by atoms with van der Waals surface area (Å²) in [5.41, 5.74) is 4.09. The summed E-state index contributed by atoms with van der Waals surface area (Å²) in [7, 11) is 1.38. The van der Waals surface area contributed by atoms with Crippen LogP contribution in [0.25, 0.3) is 10.9 Å². The van der Waals surface area contributed by atoms with Crippen LogP contribution in [0.4, 0.5) is 10.1 Å². The van der Waals surface area contributed by atoms with Gasteiger partial charge in [-0.1, -0.05) is 12.1 Å². The molecule has 4 aliphatic rings. The molecule has 2 aromatic carbocycles. The molecule has 4 heterocycles. The summed E-state index contributed by atoms with van der Waals surface area (Å²) in [4.78, 5) is 59.1. The fourth-order valence-corrected chi connectivity index (χ4v) is 5.86. The minimum Gasteiger partial charge on any atom is -0.492 e. The molecule has 0 spiro atoms. The van der Waals surface area contributed by atoms with Gasteiger partial charge in [0.15, 0.2) is 11.6 Å². The molecule has 40 heavy (non-hydrogen) atoms. The monoisotopic (exact) mass is 546 g/mol. The number of nitrogens with one attached hydrogen (secondary N) is 1. The number of carboxylic acid groups (broad SMARTS) is 1. The van der Waals surface area contributed by atoms with Gasteiger partial charge in [-0.15, -0.1) is 0 Å². The van der Waals surface area contributed by atoms with Gasteiger partial charge in [-0.2, -0.15) is 0 Å². The van der Waals surface area contributed by atoms with E-state index in [1.807, 2.05) is 0 Å². The van der Waals surface area contributed by atoms with Crippen molar-refractivity contribution in [3.05, 3.63) is 80.5 Å². The van der Waals surface area contributed by atoms with E-state index in [1.165, 1.54) is 13.3 Å². The molecule has 3 aromatic rings. The van der Waals surface area contributed by atoms with E-state index in [4.69, 9.17) is 9.57 Å². The number of pyridine rings is 1. The molecule has 7 rings (SSSR count). The molecule has 204 valence electrons. The number of methoxy groups -OCH3 is 1. The zero-order valence-corrected chi connectivity index (χ0v) is 21.3. The first kappa shape index (κ1) is 24.3. The number of anilines is 1. The Kier molecular flexibility index (Phi) is 5.26. The number of aromatic nitrogens is 1. The van der Waals surface area contributed by atoms with Gasteiger partial charge >= 0.3 is 5.97 Å². The zero-order valence-electron chi connectivity index (χ0n) is 21.3. The minimum absolute atomic E-state index is 0.0205. The van der Waals surface area contributed by atoms with Crippen molar-refractivity contribution in [1.82, 2.24) is 14.9 Å². The average Bonchev–Trinajstić information content (AvgIpc) is 3.53. The third-order valence-electron chi connectivity index (χ3n) is 7.93. The van der Waals surface area contributed by atoms with Gasteiger partial charge < -0.3 is 19.3 Å². The highest BCUT2D eigenvalue weighted by atomic mass is 19.1. The average molecular weight is 547 g/mol. The lowest BCUT2D eigenvalue weighted by Crippen LogP contribution is -2.35. The first-order chi connectivity index (χ1) is 19.3. The molecular formula is C28H23FN4O7. The van der Waals surface area contributed by atoms with Crippen LogP contribution in [0.2, 0.25) is 0 Å². The van der Waals surface area contributed by atoms with Gasteiger partial charge in [-0.25, -0.2) is 9.18 Å². The van der Waals surface area contributed by atoms with Crippen molar-refractivity contribution in [2.24, 2.45) is 0 Å². The Morgan fingerprint density at radius 1 is 1.18 bits per heavy atom. The highest BCUT2D eigenvalue weighted by Crippen LogP contribution is 2.45. The molecule has 2 N–H and O–H groups in total. The summed E-state index contributed by atoms with van der Waals surface area (Å²) in [6.45, 7) is 0.436. The number of amides is 2. The van der Waals surface area contributed by atoms with Crippen LogP contribution >= 0.6 is 0 Å². The molecule has 1 saturated carbocycles. The first-order valence-corrected chi connectivity index (χ1v) is 12.8. The van der Waals surface area contributed by atoms with Gasteiger partial charge in [0.25, 0.3) is 11.8 Å². The van der Waals surface area contributed by atoms with E-state index >= 15 is 4.39 Å². The summed E-state index contributed by atoms with van der Waals surface area (Å²) in [6, 6.07) is 7.68. The standard InChI is InChI=1S/C28H23FN4O7/c1-39-25-22-16(24(34)18(28(37)38)10-32(22)13-6-7-13)8-19(29)23(25)31-9-17-20(30-40-21(17)12-31)11-33-26(35)14-4-2-3-5-15(14)27(33)36/h2-5,8,10,13,21,30H,6-7,9,11-12H2,1H3,(H,37,38). The molecule has 0 radical (unpaired) electrons. The molecule has 11 nitrogen and oxygen atoms in total. The highest BCUT2D eigenvalue weighted by Gasteiger charge is 2.42. The molecule has 1 unspecified atom stereocenters. The van der Waals surface area contributed by atoms with Gasteiger partial charge in [-0.05, 0) is 31.0 Å². The lowest BCUT2D eigenvalue weighted by molar-refractivity contribution is 0.0441. The maximum absolute atomic E-state index is 15.7. The zero-order chi connectivity index (χ0) is 27.9. The van der Waals surface area contributed by atoms with Crippen molar-refractivity contribution in [3.63, 3.8) is 0 Å². The smallest absolute Gasteiger partial charge is 0.341 e. The van der Waals surface area contributed by atoms with E-state index in [0.29, 0.717) is 22.3 Å². The molecule has 3 aliphatic heterocycles. The number of carbonyl (C=O) groups excluding carboxylic acids is 2. The lowest BCUT2D eigenvalue weighted by atomic mass is 10.1. The van der Waals surface area contributed by atoms with E-state index in [-0.39, 0.29) is 42.5 Å². The SMILES string of the molecule is COc1c(N2CC3=C(CN4C(=O)c5ccccc5C4=O)NOC3C2)c(F)cc2c(=O)c(C(=O)O)cn(C3CC3)c12. The van der Waals surface area contributed by atoms with Crippen LogP contribution in [-0.4, -0.2) is 65.2 Å². The Morgan fingerprint density at radius 3 is 2.50 bits per heavy atom. The van der Waals surface area contributed by atoms with Crippen molar-refractivity contribution in [1.29, 1.82) is 0 Å². The number of carbonyl (C=O) groups is 3. The second kappa shape index (κ2) is 8.65. The van der Waals surface area contributed by atoms with Crippen LogP contribution in [0.1, 0.15) is 50.0 Å². The number of aromatic carboxylic acids is 1. The number of halogens is 1. The van der Waals surface area contributed by atoms with Crippen molar-refractivity contribution < 1.29 is 33.5 Å². The molecule has 2 fully saturated rings. The number of hydroxylamine groups is 1. The molecular weight excluding hydrogens is 523 g/mol. The molecule has 2 amide bonds. The maximum atomic E-state index is 15.7. The molecule has 1 aliphatic carbocycles. The Hall–Kier alpha value is -4.71. The number of fused-ring (bicyclic) bond motifs is 3. The molecule has 1 atom stereocenters. The third-order valence-corrected chi connectivity index (χ3v) is 7.93.